The second-order valence-corrected chi connectivity index (χ2v) is 4.22. The molecule has 0 N–H and O–H groups in total. The molecule has 0 spiro atoms. The van der Waals surface area contributed by atoms with Crippen LogP contribution in [0.1, 0.15) is 52.4 Å². The maximum absolute atomic E-state index is 11.5. The van der Waals surface area contributed by atoms with E-state index < -0.39 is 0 Å². The first-order chi connectivity index (χ1) is 5.13. The molecule has 0 aromatic carbocycles. The van der Waals surface area contributed by atoms with Gasteiger partial charge < -0.3 is 0 Å². The predicted octanol–water partition coefficient (Wildman–Crippen LogP) is 2.94. The van der Waals surface area contributed by atoms with Crippen molar-refractivity contribution in [3.8, 4) is 0 Å². The standard InChI is InChI=1S/C10H18O/c1-10(2)8-6-4-3-5-7-9(10)11/h3-8H2,1-2H3. The summed E-state index contributed by atoms with van der Waals surface area (Å²) >= 11 is 0. The average molecular weight is 154 g/mol. The van der Waals surface area contributed by atoms with Crippen molar-refractivity contribution < 1.29 is 4.79 Å². The van der Waals surface area contributed by atoms with E-state index in [-0.39, 0.29) is 5.41 Å². The molecule has 1 nitrogen and oxygen atoms in total. The van der Waals surface area contributed by atoms with E-state index in [9.17, 15) is 4.79 Å². The predicted molar refractivity (Wildman–Crippen MR) is 46.5 cm³/mol. The van der Waals surface area contributed by atoms with Gasteiger partial charge in [-0.3, -0.25) is 4.79 Å². The highest BCUT2D eigenvalue weighted by molar-refractivity contribution is 5.83. The Morgan fingerprint density at radius 1 is 1.09 bits per heavy atom. The molecule has 11 heavy (non-hydrogen) atoms. The average Bonchev–Trinajstić information content (AvgIpc) is 1.93. The summed E-state index contributed by atoms with van der Waals surface area (Å²) in [4.78, 5) is 11.5. The number of ketones is 1. The number of carbonyl (C=O) groups excluding carboxylic acids is 1. The van der Waals surface area contributed by atoms with Gasteiger partial charge in [0.2, 0.25) is 0 Å². The smallest absolute Gasteiger partial charge is 0.138 e. The molecule has 0 unspecified atom stereocenters. The largest absolute Gasteiger partial charge is 0.299 e. The number of hydrogen-bond donors (Lipinski definition) is 0. The van der Waals surface area contributed by atoms with Gasteiger partial charge in [-0.1, -0.05) is 33.1 Å². The monoisotopic (exact) mass is 154 g/mol. The number of Topliss-reactive ketones (excluding diaryl/α,β-unsaturated/α-hetero) is 1. The molecule has 0 bridgehead atoms. The molecule has 0 amide bonds. The van der Waals surface area contributed by atoms with E-state index in [4.69, 9.17) is 0 Å². The van der Waals surface area contributed by atoms with Crippen molar-refractivity contribution in [2.24, 2.45) is 5.41 Å². The van der Waals surface area contributed by atoms with Crippen molar-refractivity contribution in [2.75, 3.05) is 0 Å². The Hall–Kier alpha value is -0.330. The number of carbonyl (C=O) groups is 1. The fraction of sp³-hybridized carbons (Fsp3) is 0.900. The van der Waals surface area contributed by atoms with Gasteiger partial charge in [0.15, 0.2) is 0 Å². The van der Waals surface area contributed by atoms with E-state index in [2.05, 4.69) is 13.8 Å². The van der Waals surface area contributed by atoms with Gasteiger partial charge in [-0.25, -0.2) is 0 Å². The lowest BCUT2D eigenvalue weighted by Crippen LogP contribution is -2.25. The molecule has 0 radical (unpaired) electrons. The highest BCUT2D eigenvalue weighted by atomic mass is 16.1. The second kappa shape index (κ2) is 3.38. The molecule has 1 rings (SSSR count). The van der Waals surface area contributed by atoms with Crippen molar-refractivity contribution in [1.82, 2.24) is 0 Å². The maximum atomic E-state index is 11.5. The van der Waals surface area contributed by atoms with Crippen LogP contribution in [0.3, 0.4) is 0 Å². The van der Waals surface area contributed by atoms with Crippen LogP contribution >= 0.6 is 0 Å². The summed E-state index contributed by atoms with van der Waals surface area (Å²) < 4.78 is 0. The zero-order chi connectivity index (χ0) is 8.32. The Morgan fingerprint density at radius 3 is 2.45 bits per heavy atom. The number of rotatable bonds is 0. The lowest BCUT2D eigenvalue weighted by molar-refractivity contribution is -0.128. The molecule has 1 aliphatic rings. The van der Waals surface area contributed by atoms with E-state index >= 15 is 0 Å². The molecule has 0 atom stereocenters. The van der Waals surface area contributed by atoms with Crippen LogP contribution in [0.5, 0.6) is 0 Å². The van der Waals surface area contributed by atoms with Crippen LogP contribution in [0.2, 0.25) is 0 Å². The van der Waals surface area contributed by atoms with Gasteiger partial charge in [-0.15, -0.1) is 0 Å². The van der Waals surface area contributed by atoms with E-state index in [1.54, 1.807) is 0 Å². The van der Waals surface area contributed by atoms with Gasteiger partial charge in [-0.2, -0.15) is 0 Å². The van der Waals surface area contributed by atoms with E-state index in [0.29, 0.717) is 5.78 Å². The fourth-order valence-electron chi connectivity index (χ4n) is 1.68. The van der Waals surface area contributed by atoms with Gasteiger partial charge in [0.05, 0.1) is 0 Å². The minimum absolute atomic E-state index is 0.0274. The molecule has 0 aliphatic heterocycles. The third-order valence-corrected chi connectivity index (χ3v) is 2.71. The molecule has 1 fully saturated rings. The minimum atomic E-state index is -0.0274. The molecule has 1 aliphatic carbocycles. The molecular formula is C10H18O. The summed E-state index contributed by atoms with van der Waals surface area (Å²) in [5, 5.41) is 0. The lowest BCUT2D eigenvalue weighted by atomic mass is 9.79. The Kier molecular flexibility index (Phi) is 2.69. The van der Waals surface area contributed by atoms with Crippen LogP contribution in [-0.4, -0.2) is 5.78 Å². The number of hydrogen-bond acceptors (Lipinski definition) is 1. The first kappa shape index (κ1) is 8.76. The van der Waals surface area contributed by atoms with Crippen LogP contribution in [0, 0.1) is 5.41 Å². The Bertz CT molecular complexity index is 147. The summed E-state index contributed by atoms with van der Waals surface area (Å²) in [5.41, 5.74) is -0.0274. The lowest BCUT2D eigenvalue weighted by Gasteiger charge is -2.24. The Balaban J connectivity index is 2.54. The summed E-state index contributed by atoms with van der Waals surface area (Å²) in [7, 11) is 0. The SMILES string of the molecule is CC1(C)CCCCCCC1=O. The summed E-state index contributed by atoms with van der Waals surface area (Å²) in [6.07, 6.45) is 6.82. The quantitative estimate of drug-likeness (QED) is 0.524. The molecule has 0 aromatic rings. The Morgan fingerprint density at radius 2 is 1.73 bits per heavy atom. The minimum Gasteiger partial charge on any atom is -0.299 e. The summed E-state index contributed by atoms with van der Waals surface area (Å²) in [6.45, 7) is 4.17. The van der Waals surface area contributed by atoms with Gasteiger partial charge in [0.1, 0.15) is 5.78 Å². The van der Waals surface area contributed by atoms with E-state index in [1.807, 2.05) is 0 Å². The van der Waals surface area contributed by atoms with Crippen molar-refractivity contribution in [2.45, 2.75) is 52.4 Å². The van der Waals surface area contributed by atoms with Gasteiger partial charge in [0, 0.05) is 11.8 Å². The van der Waals surface area contributed by atoms with E-state index in [0.717, 1.165) is 19.3 Å². The second-order valence-electron chi connectivity index (χ2n) is 4.22. The van der Waals surface area contributed by atoms with Crippen LogP contribution in [0.4, 0.5) is 0 Å². The highest BCUT2D eigenvalue weighted by Gasteiger charge is 2.26. The molecular weight excluding hydrogens is 136 g/mol. The highest BCUT2D eigenvalue weighted by Crippen LogP contribution is 2.29. The molecule has 0 aromatic heterocycles. The summed E-state index contributed by atoms with van der Waals surface area (Å²) in [6, 6.07) is 0. The van der Waals surface area contributed by atoms with E-state index in [1.165, 1.54) is 19.3 Å². The van der Waals surface area contributed by atoms with Crippen LogP contribution < -0.4 is 0 Å². The molecule has 0 saturated heterocycles. The zero-order valence-electron chi connectivity index (χ0n) is 7.65. The zero-order valence-corrected chi connectivity index (χ0v) is 7.65. The third kappa shape index (κ3) is 2.32. The third-order valence-electron chi connectivity index (χ3n) is 2.71. The van der Waals surface area contributed by atoms with Crippen molar-refractivity contribution in [1.29, 1.82) is 0 Å². The molecule has 1 saturated carbocycles. The van der Waals surface area contributed by atoms with Crippen molar-refractivity contribution in [3.05, 3.63) is 0 Å². The Labute approximate surface area is 69.2 Å². The first-order valence-electron chi connectivity index (χ1n) is 4.66. The molecule has 1 heteroatoms. The summed E-state index contributed by atoms with van der Waals surface area (Å²) in [5.74, 6) is 0.470. The van der Waals surface area contributed by atoms with Crippen LogP contribution in [0.15, 0.2) is 0 Å². The maximum Gasteiger partial charge on any atom is 0.138 e. The molecule has 0 heterocycles. The van der Waals surface area contributed by atoms with Crippen LogP contribution in [-0.2, 0) is 4.79 Å². The first-order valence-corrected chi connectivity index (χ1v) is 4.66. The van der Waals surface area contributed by atoms with Gasteiger partial charge in [0.25, 0.3) is 0 Å². The normalized spacial score (nSPS) is 25.8. The van der Waals surface area contributed by atoms with Crippen molar-refractivity contribution >= 4 is 5.78 Å². The van der Waals surface area contributed by atoms with Gasteiger partial charge >= 0.3 is 0 Å². The topological polar surface area (TPSA) is 17.1 Å². The fourth-order valence-corrected chi connectivity index (χ4v) is 1.68. The van der Waals surface area contributed by atoms with Gasteiger partial charge in [-0.05, 0) is 12.8 Å². The van der Waals surface area contributed by atoms with Crippen molar-refractivity contribution in [3.63, 3.8) is 0 Å². The molecule has 64 valence electrons. The van der Waals surface area contributed by atoms with Crippen LogP contribution in [0.25, 0.3) is 0 Å².